The molecule has 0 spiro atoms. The smallest absolute Gasteiger partial charge is 0.412 e. The Hall–Kier alpha value is -3.10. The van der Waals surface area contributed by atoms with E-state index < -0.39 is 71.7 Å². The van der Waals surface area contributed by atoms with Crippen molar-refractivity contribution in [1.29, 1.82) is 0 Å². The molecule has 4 atom stereocenters. The molecule has 1 saturated heterocycles. The summed E-state index contributed by atoms with van der Waals surface area (Å²) < 4.78 is 25.0. The van der Waals surface area contributed by atoms with Crippen molar-refractivity contribution in [3.8, 4) is 0 Å². The fourth-order valence-corrected chi connectivity index (χ4v) is 3.61. The van der Waals surface area contributed by atoms with Crippen LogP contribution in [0.2, 0.25) is 0 Å². The lowest BCUT2D eigenvalue weighted by molar-refractivity contribution is -0.321. The van der Waals surface area contributed by atoms with Crippen LogP contribution >= 0.6 is 0 Å². The van der Waals surface area contributed by atoms with Gasteiger partial charge in [-0.3, -0.25) is 9.88 Å². The molecule has 0 saturated carbocycles. The fraction of sp³-hybridized carbons (Fsp3) is 0.632. The summed E-state index contributed by atoms with van der Waals surface area (Å²) in [6.45, 7) is 3.11. The van der Waals surface area contributed by atoms with Crippen LogP contribution in [0.15, 0.2) is 11.0 Å². The number of hydrogen-bond acceptors (Lipinski definition) is 11. The Morgan fingerprint density at radius 3 is 2.42 bits per heavy atom. The van der Waals surface area contributed by atoms with Crippen molar-refractivity contribution in [2.45, 2.75) is 69.5 Å². The standard InChI is InChI=1S/C19H26FN3O10/c1-3-4-5-6-32-17(29)22-14-11(20)9-23(16(28)21-14)15-19(31,8-13(26)27)18(30,7-12(24)25)10(2)33-15/h9-10,15,30-31H,3-8H2,1-2H3,(H,24,25)(H,26,27)(H,21,22,28,29)/p-2/t10-,15-,18-,19+/m1/s1. The summed E-state index contributed by atoms with van der Waals surface area (Å²) in [6, 6.07) is 0. The second-order valence-electron chi connectivity index (χ2n) is 7.67. The molecule has 1 fully saturated rings. The van der Waals surface area contributed by atoms with E-state index in [0.29, 0.717) is 17.2 Å². The number of anilines is 1. The van der Waals surface area contributed by atoms with Gasteiger partial charge in [-0.1, -0.05) is 19.8 Å². The lowest BCUT2D eigenvalue weighted by atomic mass is 9.76. The molecule has 13 nitrogen and oxygen atoms in total. The third-order valence-corrected chi connectivity index (χ3v) is 5.35. The van der Waals surface area contributed by atoms with Crippen LogP contribution in [0.4, 0.5) is 15.0 Å². The van der Waals surface area contributed by atoms with Crippen LogP contribution in [-0.2, 0) is 19.1 Å². The average Bonchev–Trinajstić information content (AvgIpc) is 2.87. The molecule has 2 heterocycles. The van der Waals surface area contributed by atoms with Crippen LogP contribution in [-0.4, -0.2) is 61.7 Å². The maximum absolute atomic E-state index is 14.6. The Morgan fingerprint density at radius 2 is 1.85 bits per heavy atom. The number of hydrogen-bond donors (Lipinski definition) is 3. The van der Waals surface area contributed by atoms with Crippen LogP contribution < -0.4 is 21.2 Å². The van der Waals surface area contributed by atoms with Crippen LogP contribution in [0, 0.1) is 5.82 Å². The van der Waals surface area contributed by atoms with E-state index in [2.05, 4.69) is 4.98 Å². The molecule has 0 aliphatic carbocycles. The first kappa shape index (κ1) is 26.2. The van der Waals surface area contributed by atoms with Gasteiger partial charge in [0.25, 0.3) is 0 Å². The minimum Gasteiger partial charge on any atom is -0.550 e. The first-order chi connectivity index (χ1) is 15.4. The van der Waals surface area contributed by atoms with E-state index in [1.807, 2.05) is 12.2 Å². The Balaban J connectivity index is 2.37. The van der Waals surface area contributed by atoms with E-state index in [-0.39, 0.29) is 6.61 Å². The predicted octanol–water partition coefficient (Wildman–Crippen LogP) is -2.22. The number of ether oxygens (including phenoxy) is 2. The van der Waals surface area contributed by atoms with Crippen LogP contribution in [0.5, 0.6) is 0 Å². The molecule has 0 aromatic carbocycles. The molecular weight excluding hydrogens is 449 g/mol. The van der Waals surface area contributed by atoms with Gasteiger partial charge >= 0.3 is 11.8 Å². The Labute approximate surface area is 186 Å². The van der Waals surface area contributed by atoms with Crippen molar-refractivity contribution >= 4 is 23.8 Å². The van der Waals surface area contributed by atoms with E-state index in [1.165, 1.54) is 0 Å². The second-order valence-corrected chi connectivity index (χ2v) is 7.67. The number of aliphatic hydroxyl groups is 2. The van der Waals surface area contributed by atoms with Gasteiger partial charge < -0.3 is 39.5 Å². The minimum atomic E-state index is -2.95. The highest BCUT2D eigenvalue weighted by atomic mass is 19.1. The molecule has 0 radical (unpaired) electrons. The number of carboxylic acids is 2. The molecule has 3 N–H and O–H groups in total. The molecule has 0 unspecified atom stereocenters. The number of halogens is 1. The van der Waals surface area contributed by atoms with E-state index in [4.69, 9.17) is 9.47 Å². The van der Waals surface area contributed by atoms with Crippen LogP contribution in [0.3, 0.4) is 0 Å². The summed E-state index contributed by atoms with van der Waals surface area (Å²) in [5, 5.41) is 46.1. The van der Waals surface area contributed by atoms with E-state index >= 15 is 0 Å². The number of carboxylic acid groups (broad SMARTS) is 2. The topological polar surface area (TPSA) is 203 Å². The summed E-state index contributed by atoms with van der Waals surface area (Å²) >= 11 is 0. The maximum Gasteiger partial charge on any atom is 0.412 e. The fourth-order valence-electron chi connectivity index (χ4n) is 3.61. The number of aromatic nitrogens is 2. The van der Waals surface area contributed by atoms with Gasteiger partial charge in [-0.05, 0) is 13.3 Å². The van der Waals surface area contributed by atoms with Crippen LogP contribution in [0.1, 0.15) is 52.2 Å². The van der Waals surface area contributed by atoms with Gasteiger partial charge in [-0.15, -0.1) is 0 Å². The predicted molar refractivity (Wildman–Crippen MR) is 102 cm³/mol. The lowest BCUT2D eigenvalue weighted by Crippen LogP contribution is -2.61. The number of nitrogens with one attached hydrogen (secondary N) is 1. The molecule has 14 heteroatoms. The number of nitrogens with zero attached hydrogens (tertiary/aromatic N) is 2. The number of aliphatic carboxylic acids is 2. The second kappa shape index (κ2) is 10.2. The van der Waals surface area contributed by atoms with Gasteiger partial charge in [0.05, 0.1) is 18.9 Å². The van der Waals surface area contributed by atoms with Crippen molar-refractivity contribution in [3.63, 3.8) is 0 Å². The number of rotatable bonds is 10. The minimum absolute atomic E-state index is 0.0550. The summed E-state index contributed by atoms with van der Waals surface area (Å²) in [7, 11) is 0. The lowest BCUT2D eigenvalue weighted by Gasteiger charge is -2.41. The Bertz CT molecular complexity index is 970. The van der Waals surface area contributed by atoms with E-state index in [9.17, 15) is 44.0 Å². The number of carbonyl (C=O) groups excluding carboxylic acids is 3. The van der Waals surface area contributed by atoms with Gasteiger partial charge in [-0.25, -0.2) is 14.0 Å². The van der Waals surface area contributed by atoms with Gasteiger partial charge in [0.15, 0.2) is 17.9 Å². The molecular formula is C19H24FN3O10-2. The Morgan fingerprint density at radius 1 is 1.24 bits per heavy atom. The Kier molecular flexibility index (Phi) is 8.11. The largest absolute Gasteiger partial charge is 0.550 e. The van der Waals surface area contributed by atoms with E-state index in [0.717, 1.165) is 19.8 Å². The first-order valence-electron chi connectivity index (χ1n) is 10.1. The third-order valence-electron chi connectivity index (χ3n) is 5.35. The van der Waals surface area contributed by atoms with Crippen molar-refractivity contribution in [3.05, 3.63) is 22.5 Å². The molecule has 33 heavy (non-hydrogen) atoms. The monoisotopic (exact) mass is 473 g/mol. The zero-order chi connectivity index (χ0) is 25.0. The SMILES string of the molecule is CCCCCOC(=O)Nc1nc(=O)n([C@@H]2O[C@H](C)[C@](O)(CC(=O)[O-])[C@]2(O)CC(=O)[O-])cc1F. The van der Waals surface area contributed by atoms with Gasteiger partial charge in [0, 0.05) is 24.8 Å². The molecule has 1 aromatic rings. The number of carbonyl (C=O) groups is 3. The quantitative estimate of drug-likeness (QED) is 0.311. The van der Waals surface area contributed by atoms with Crippen molar-refractivity contribution in [1.82, 2.24) is 9.55 Å². The van der Waals surface area contributed by atoms with Gasteiger partial charge in [0.2, 0.25) is 0 Å². The van der Waals surface area contributed by atoms with Crippen molar-refractivity contribution in [2.24, 2.45) is 0 Å². The number of amides is 1. The average molecular weight is 473 g/mol. The van der Waals surface area contributed by atoms with Gasteiger partial charge in [-0.2, -0.15) is 4.98 Å². The normalized spacial score (nSPS) is 26.7. The van der Waals surface area contributed by atoms with E-state index in [1.54, 1.807) is 0 Å². The summed E-state index contributed by atoms with van der Waals surface area (Å²) in [5.41, 5.74) is -7.01. The molecule has 1 aliphatic rings. The number of unbranched alkanes of at least 4 members (excludes halogenated alkanes) is 2. The molecule has 2 rings (SSSR count). The molecule has 1 aliphatic heterocycles. The van der Waals surface area contributed by atoms with Crippen LogP contribution in [0.25, 0.3) is 0 Å². The zero-order valence-electron chi connectivity index (χ0n) is 17.9. The van der Waals surface area contributed by atoms with Crippen molar-refractivity contribution < 1.29 is 48.7 Å². The molecule has 1 amide bonds. The molecule has 1 aromatic heterocycles. The zero-order valence-corrected chi connectivity index (χ0v) is 17.9. The first-order valence-corrected chi connectivity index (χ1v) is 10.1. The van der Waals surface area contributed by atoms with Crippen molar-refractivity contribution in [2.75, 3.05) is 11.9 Å². The highest BCUT2D eigenvalue weighted by molar-refractivity contribution is 5.83. The van der Waals surface area contributed by atoms with Gasteiger partial charge in [0.1, 0.15) is 11.2 Å². The highest BCUT2D eigenvalue weighted by Crippen LogP contribution is 2.48. The summed E-state index contributed by atoms with van der Waals surface area (Å²) in [5.74, 6) is -5.86. The highest BCUT2D eigenvalue weighted by Gasteiger charge is 2.65. The molecule has 184 valence electrons. The third kappa shape index (κ3) is 5.46. The molecule has 0 bridgehead atoms. The maximum atomic E-state index is 14.6. The summed E-state index contributed by atoms with van der Waals surface area (Å²) in [6.07, 6.45) is -4.60. The summed E-state index contributed by atoms with van der Waals surface area (Å²) in [4.78, 5) is 49.9.